The molecule has 0 atom stereocenters. The molecule has 4 aliphatic heterocycles. The molecule has 4 aromatic rings. The Hall–Kier alpha value is -4.42. The number of imidazole rings is 1. The third-order valence-electron chi connectivity index (χ3n) is 12.7. The van der Waals surface area contributed by atoms with Gasteiger partial charge in [-0.1, -0.05) is 18.6 Å². The van der Waals surface area contributed by atoms with Gasteiger partial charge >= 0.3 is 0 Å². The lowest BCUT2D eigenvalue weighted by molar-refractivity contribution is -0.170. The monoisotopic (exact) mass is 720 g/mol. The molecule has 9 rings (SSSR count). The Kier molecular flexibility index (Phi) is 8.34. The SMILES string of the molecule is Cc1cc(Nc2nc(-c3ccc4c(c3)N(C3CC(N5CCCCC5)C3)C(=O)C43CCN(C(=O)C4(C)COC4)CC3)cc3ncn(C(C)C)c23)c(F)cn1. The van der Waals surface area contributed by atoms with Crippen LogP contribution in [0.3, 0.4) is 0 Å². The number of piperidine rings is 2. The van der Waals surface area contributed by atoms with E-state index in [0.29, 0.717) is 68.1 Å². The highest BCUT2D eigenvalue weighted by molar-refractivity contribution is 6.09. The molecule has 3 aromatic heterocycles. The molecule has 11 nitrogen and oxygen atoms in total. The molecule has 7 heterocycles. The molecule has 1 aromatic carbocycles. The van der Waals surface area contributed by atoms with Crippen LogP contribution in [0.4, 0.5) is 21.6 Å². The van der Waals surface area contributed by atoms with Crippen LogP contribution in [0.25, 0.3) is 22.3 Å². The van der Waals surface area contributed by atoms with Crippen molar-refractivity contribution in [3.05, 3.63) is 59.9 Å². The van der Waals surface area contributed by atoms with Crippen molar-refractivity contribution in [2.45, 2.75) is 96.2 Å². The summed E-state index contributed by atoms with van der Waals surface area (Å²) in [7, 11) is 0. The van der Waals surface area contributed by atoms with Crippen LogP contribution < -0.4 is 10.2 Å². The number of hydrogen-bond donors (Lipinski definition) is 1. The van der Waals surface area contributed by atoms with E-state index in [0.717, 1.165) is 53.8 Å². The van der Waals surface area contributed by atoms with Gasteiger partial charge in [0.25, 0.3) is 0 Å². The number of amides is 2. The Balaban J connectivity index is 1.09. The number of nitrogens with one attached hydrogen (secondary N) is 1. The summed E-state index contributed by atoms with van der Waals surface area (Å²) in [6, 6.07) is 10.7. The smallest absolute Gasteiger partial charge is 0.238 e. The first kappa shape index (κ1) is 34.4. The summed E-state index contributed by atoms with van der Waals surface area (Å²) in [5, 5.41) is 3.27. The molecule has 0 radical (unpaired) electrons. The average Bonchev–Trinajstić information content (AvgIpc) is 3.66. The Morgan fingerprint density at radius 1 is 1.00 bits per heavy atom. The molecule has 1 aliphatic carbocycles. The number of likely N-dealkylation sites (tertiary alicyclic amines) is 2. The van der Waals surface area contributed by atoms with Gasteiger partial charge in [-0.05, 0) is 103 Å². The van der Waals surface area contributed by atoms with Gasteiger partial charge in [0, 0.05) is 48.2 Å². The summed E-state index contributed by atoms with van der Waals surface area (Å²) >= 11 is 0. The lowest BCUT2D eigenvalue weighted by Gasteiger charge is -2.48. The standard InChI is InChI=1S/C41H49FN8O3/c1-25(2)49-24-44-34-20-32(45-37(36(34)49)46-33-16-26(3)43-21-31(33)42)27-8-9-30-35(17-27)50(29-18-28(19-29)47-12-6-5-7-13-47)39(52)41(30)10-14-48(15-11-41)38(51)40(4)22-53-23-40/h8-9,16-17,20-21,24-25,28-29H,5-7,10-15,18-19,22-23H2,1-4H3,(H,43,45,46). The number of halogens is 1. The molecule has 2 amide bonds. The summed E-state index contributed by atoms with van der Waals surface area (Å²) in [4.78, 5) is 49.0. The van der Waals surface area contributed by atoms with Crippen molar-refractivity contribution < 1.29 is 18.7 Å². The number of pyridine rings is 2. The van der Waals surface area contributed by atoms with E-state index in [2.05, 4.69) is 52.1 Å². The number of nitrogens with zero attached hydrogens (tertiary/aromatic N) is 7. The number of carbonyl (C=O) groups excluding carboxylic acids is 2. The predicted molar refractivity (Wildman–Crippen MR) is 202 cm³/mol. The summed E-state index contributed by atoms with van der Waals surface area (Å²) in [5.74, 6) is 0.341. The number of carbonyl (C=O) groups is 2. The first-order chi connectivity index (χ1) is 25.5. The van der Waals surface area contributed by atoms with Crippen LogP contribution in [0.1, 0.15) is 83.0 Å². The van der Waals surface area contributed by atoms with Crippen molar-refractivity contribution in [3.8, 4) is 11.3 Å². The van der Waals surface area contributed by atoms with Crippen LogP contribution in [0.5, 0.6) is 0 Å². The van der Waals surface area contributed by atoms with Gasteiger partial charge in [0.2, 0.25) is 11.8 Å². The fraction of sp³-hybridized carbons (Fsp3) is 0.537. The van der Waals surface area contributed by atoms with Gasteiger partial charge in [0.15, 0.2) is 11.6 Å². The number of aromatic nitrogens is 4. The predicted octanol–water partition coefficient (Wildman–Crippen LogP) is 6.53. The molecule has 1 saturated carbocycles. The maximum atomic E-state index is 15.0. The molecule has 3 saturated heterocycles. The first-order valence-electron chi connectivity index (χ1n) is 19.4. The Morgan fingerprint density at radius 3 is 2.45 bits per heavy atom. The van der Waals surface area contributed by atoms with Crippen LogP contribution >= 0.6 is 0 Å². The lowest BCUT2D eigenvalue weighted by atomic mass is 9.72. The van der Waals surface area contributed by atoms with Crippen LogP contribution in [0.2, 0.25) is 0 Å². The molecule has 0 bridgehead atoms. The van der Waals surface area contributed by atoms with E-state index in [1.807, 2.05) is 29.4 Å². The maximum absolute atomic E-state index is 15.0. The lowest BCUT2D eigenvalue weighted by Crippen LogP contribution is -2.59. The molecule has 278 valence electrons. The molecule has 1 N–H and O–H groups in total. The number of ether oxygens (including phenoxy) is 1. The van der Waals surface area contributed by atoms with E-state index in [9.17, 15) is 9.59 Å². The molecule has 1 spiro atoms. The highest BCUT2D eigenvalue weighted by Crippen LogP contribution is 2.52. The van der Waals surface area contributed by atoms with Crippen LogP contribution in [0, 0.1) is 18.2 Å². The van der Waals surface area contributed by atoms with Gasteiger partial charge in [-0.2, -0.15) is 0 Å². The zero-order valence-corrected chi connectivity index (χ0v) is 31.2. The van der Waals surface area contributed by atoms with Crippen LogP contribution in [-0.2, 0) is 19.7 Å². The minimum atomic E-state index is -0.672. The molecule has 0 unspecified atom stereocenters. The van der Waals surface area contributed by atoms with Gasteiger partial charge in [-0.25, -0.2) is 14.4 Å². The van der Waals surface area contributed by atoms with Gasteiger partial charge in [0.05, 0.1) is 53.5 Å². The van der Waals surface area contributed by atoms with Crippen molar-refractivity contribution in [1.82, 2.24) is 29.3 Å². The number of anilines is 3. The number of aryl methyl sites for hydroxylation is 1. The Bertz CT molecular complexity index is 2090. The second kappa shape index (κ2) is 12.9. The van der Waals surface area contributed by atoms with Crippen molar-refractivity contribution in [2.75, 3.05) is 49.6 Å². The van der Waals surface area contributed by atoms with E-state index in [-0.39, 0.29) is 23.9 Å². The molecular formula is C41H49FN8O3. The summed E-state index contributed by atoms with van der Waals surface area (Å²) in [6.45, 7) is 12.3. The zero-order valence-electron chi connectivity index (χ0n) is 31.2. The van der Waals surface area contributed by atoms with Crippen molar-refractivity contribution >= 4 is 40.0 Å². The highest BCUT2D eigenvalue weighted by Gasteiger charge is 2.56. The Labute approximate surface area is 309 Å². The first-order valence-corrected chi connectivity index (χ1v) is 19.4. The molecular weight excluding hydrogens is 672 g/mol. The number of rotatable bonds is 7. The van der Waals surface area contributed by atoms with E-state index >= 15 is 4.39 Å². The van der Waals surface area contributed by atoms with Gasteiger partial charge in [-0.3, -0.25) is 14.6 Å². The minimum Gasteiger partial charge on any atom is -0.379 e. The largest absolute Gasteiger partial charge is 0.379 e. The summed E-state index contributed by atoms with van der Waals surface area (Å²) < 4.78 is 22.5. The molecule has 53 heavy (non-hydrogen) atoms. The van der Waals surface area contributed by atoms with E-state index < -0.39 is 16.6 Å². The van der Waals surface area contributed by atoms with Crippen molar-refractivity contribution in [2.24, 2.45) is 5.41 Å². The van der Waals surface area contributed by atoms with Crippen LogP contribution in [-0.4, -0.2) is 92.6 Å². The average molecular weight is 721 g/mol. The minimum absolute atomic E-state index is 0.107. The number of benzene rings is 1. The van der Waals surface area contributed by atoms with Crippen molar-refractivity contribution in [1.29, 1.82) is 0 Å². The number of hydrogen-bond acceptors (Lipinski definition) is 8. The zero-order chi connectivity index (χ0) is 36.6. The van der Waals surface area contributed by atoms with Crippen LogP contribution in [0.15, 0.2) is 42.9 Å². The molecule has 12 heteroatoms. The second-order valence-corrected chi connectivity index (χ2v) is 16.6. The number of fused-ring (bicyclic) bond motifs is 3. The normalized spacial score (nSPS) is 23.7. The molecule has 5 aliphatic rings. The summed E-state index contributed by atoms with van der Waals surface area (Å²) in [5.41, 5.74) is 4.94. The highest BCUT2D eigenvalue weighted by atomic mass is 19.1. The van der Waals surface area contributed by atoms with E-state index in [4.69, 9.17) is 14.7 Å². The van der Waals surface area contributed by atoms with E-state index in [1.54, 1.807) is 12.4 Å². The third kappa shape index (κ3) is 5.62. The molecule has 4 fully saturated rings. The van der Waals surface area contributed by atoms with Gasteiger partial charge in [0.1, 0.15) is 5.52 Å². The van der Waals surface area contributed by atoms with Gasteiger partial charge < -0.3 is 29.3 Å². The van der Waals surface area contributed by atoms with E-state index in [1.165, 1.54) is 25.5 Å². The fourth-order valence-corrected chi connectivity index (χ4v) is 9.41. The summed E-state index contributed by atoms with van der Waals surface area (Å²) in [6.07, 6.45) is 9.95. The maximum Gasteiger partial charge on any atom is 0.238 e. The fourth-order valence-electron chi connectivity index (χ4n) is 9.41. The third-order valence-corrected chi connectivity index (χ3v) is 12.7. The Morgan fingerprint density at radius 2 is 1.75 bits per heavy atom. The quantitative estimate of drug-likeness (QED) is 0.230. The van der Waals surface area contributed by atoms with Crippen molar-refractivity contribution in [3.63, 3.8) is 0 Å². The second-order valence-electron chi connectivity index (χ2n) is 16.6. The van der Waals surface area contributed by atoms with Gasteiger partial charge in [-0.15, -0.1) is 0 Å². The topological polar surface area (TPSA) is 109 Å².